The number of carbonyl (C=O) groups is 1. The Bertz CT molecular complexity index is 1540. The smallest absolute Gasteiger partial charge is 0.416 e. The molecule has 0 bridgehead atoms. The van der Waals surface area contributed by atoms with Crippen molar-refractivity contribution in [3.8, 4) is 5.75 Å². The van der Waals surface area contributed by atoms with Crippen molar-refractivity contribution in [1.29, 1.82) is 5.41 Å². The number of phenolic OH excluding ortho intramolecular Hbond substituents is 1. The number of amides is 2. The molecule has 1 atom stereocenters. The second-order valence-electron chi connectivity index (χ2n) is 8.72. The standard InChI is InChI=1S/C28H24F3N5O3/c29-28(30,31)20-7-3-5-18(13-20)16-36-17-21(10-11-26(36)38)34-27(39)35-24(22-8-1-2-9-25(22)37)14-23(32)19-6-4-12-33-15-19/h1-13,15,17,24,32,37H,14,16H2,(H2,34,35,39). The maximum atomic E-state index is 13.1. The zero-order valence-electron chi connectivity index (χ0n) is 20.4. The summed E-state index contributed by atoms with van der Waals surface area (Å²) in [6, 6.07) is 15.6. The second-order valence-corrected chi connectivity index (χ2v) is 8.72. The molecule has 2 aromatic carbocycles. The number of aromatic hydroxyl groups is 1. The first-order chi connectivity index (χ1) is 18.6. The number of urea groups is 1. The number of para-hydroxylation sites is 1. The number of anilines is 1. The van der Waals surface area contributed by atoms with Gasteiger partial charge in [0.15, 0.2) is 0 Å². The van der Waals surface area contributed by atoms with Crippen LogP contribution in [0, 0.1) is 5.41 Å². The molecule has 0 aliphatic heterocycles. The molecule has 0 fully saturated rings. The normalized spacial score (nSPS) is 12.0. The quantitative estimate of drug-likeness (QED) is 0.228. The number of rotatable bonds is 8. The second kappa shape index (κ2) is 11.6. The Morgan fingerprint density at radius 2 is 1.85 bits per heavy atom. The molecule has 0 aliphatic carbocycles. The highest BCUT2D eigenvalue weighted by Crippen LogP contribution is 2.30. The molecular weight excluding hydrogens is 511 g/mol. The average molecular weight is 536 g/mol. The number of hydrogen-bond acceptors (Lipinski definition) is 5. The van der Waals surface area contributed by atoms with E-state index in [1.54, 1.807) is 36.5 Å². The summed E-state index contributed by atoms with van der Waals surface area (Å²) in [7, 11) is 0. The number of phenols is 1. The number of halogens is 3. The van der Waals surface area contributed by atoms with E-state index in [9.17, 15) is 27.9 Å². The lowest BCUT2D eigenvalue weighted by molar-refractivity contribution is -0.137. The molecular formula is C28H24F3N5O3. The van der Waals surface area contributed by atoms with E-state index in [1.165, 1.54) is 47.3 Å². The maximum absolute atomic E-state index is 13.1. The van der Waals surface area contributed by atoms with Crippen LogP contribution in [0.15, 0.2) is 96.2 Å². The van der Waals surface area contributed by atoms with E-state index < -0.39 is 29.4 Å². The molecule has 4 rings (SSSR count). The van der Waals surface area contributed by atoms with Gasteiger partial charge in [0.05, 0.1) is 23.8 Å². The summed E-state index contributed by atoms with van der Waals surface area (Å²) in [5, 5.41) is 24.2. The van der Waals surface area contributed by atoms with Crippen molar-refractivity contribution < 1.29 is 23.1 Å². The van der Waals surface area contributed by atoms with Crippen molar-refractivity contribution in [2.45, 2.75) is 25.2 Å². The van der Waals surface area contributed by atoms with Crippen LogP contribution >= 0.6 is 0 Å². The van der Waals surface area contributed by atoms with Crippen LogP contribution in [0.4, 0.5) is 23.7 Å². The molecule has 4 aromatic rings. The minimum absolute atomic E-state index is 0.0474. The summed E-state index contributed by atoms with van der Waals surface area (Å²) >= 11 is 0. The number of alkyl halides is 3. The fraction of sp³-hybridized carbons (Fsp3) is 0.143. The van der Waals surface area contributed by atoms with Crippen LogP contribution in [0.1, 0.15) is 34.7 Å². The number of aromatic nitrogens is 2. The monoisotopic (exact) mass is 535 g/mol. The van der Waals surface area contributed by atoms with Crippen LogP contribution in [0.2, 0.25) is 0 Å². The minimum atomic E-state index is -4.51. The largest absolute Gasteiger partial charge is 0.508 e. The van der Waals surface area contributed by atoms with Crippen LogP contribution < -0.4 is 16.2 Å². The first-order valence-electron chi connectivity index (χ1n) is 11.8. The highest BCUT2D eigenvalue weighted by atomic mass is 19.4. The van der Waals surface area contributed by atoms with Gasteiger partial charge in [0, 0.05) is 47.9 Å². The highest BCUT2D eigenvalue weighted by molar-refractivity contribution is 5.99. The third kappa shape index (κ3) is 7.10. The lowest BCUT2D eigenvalue weighted by atomic mass is 9.97. The zero-order valence-corrected chi connectivity index (χ0v) is 20.4. The summed E-state index contributed by atoms with van der Waals surface area (Å²) in [5.74, 6) is -0.0589. The van der Waals surface area contributed by atoms with Crippen LogP contribution in [0.3, 0.4) is 0 Å². The van der Waals surface area contributed by atoms with E-state index in [4.69, 9.17) is 5.41 Å². The SMILES string of the molecule is N=C(CC(NC(=O)Nc1ccc(=O)n(Cc2cccc(C(F)(F)F)c2)c1)c1ccccc1O)c1cccnc1. The number of carbonyl (C=O) groups excluding carboxylic acids is 1. The Morgan fingerprint density at radius 1 is 1.05 bits per heavy atom. The van der Waals surface area contributed by atoms with Crippen molar-refractivity contribution in [3.63, 3.8) is 0 Å². The minimum Gasteiger partial charge on any atom is -0.508 e. The van der Waals surface area contributed by atoms with Crippen molar-refractivity contribution >= 4 is 17.4 Å². The summed E-state index contributed by atoms with van der Waals surface area (Å²) < 4.78 is 40.4. The van der Waals surface area contributed by atoms with Gasteiger partial charge < -0.3 is 25.7 Å². The van der Waals surface area contributed by atoms with E-state index in [2.05, 4.69) is 15.6 Å². The Balaban J connectivity index is 1.51. The van der Waals surface area contributed by atoms with E-state index >= 15 is 0 Å². The molecule has 1 unspecified atom stereocenters. The number of hydrogen-bond donors (Lipinski definition) is 4. The fourth-order valence-electron chi connectivity index (χ4n) is 3.98. The molecule has 0 spiro atoms. The van der Waals surface area contributed by atoms with Crippen LogP contribution in [-0.2, 0) is 12.7 Å². The van der Waals surface area contributed by atoms with Gasteiger partial charge >= 0.3 is 12.2 Å². The van der Waals surface area contributed by atoms with Gasteiger partial charge in [0.25, 0.3) is 5.56 Å². The van der Waals surface area contributed by atoms with Crippen molar-refractivity contribution in [2.75, 3.05) is 5.32 Å². The van der Waals surface area contributed by atoms with Gasteiger partial charge in [-0.1, -0.05) is 36.4 Å². The zero-order chi connectivity index (χ0) is 28.0. The molecule has 200 valence electrons. The molecule has 11 heteroatoms. The van der Waals surface area contributed by atoms with E-state index in [0.717, 1.165) is 12.1 Å². The predicted octanol–water partition coefficient (Wildman–Crippen LogP) is 5.34. The van der Waals surface area contributed by atoms with Crippen LogP contribution in [0.5, 0.6) is 5.75 Å². The van der Waals surface area contributed by atoms with Gasteiger partial charge in [0.1, 0.15) is 5.75 Å². The molecule has 2 heterocycles. The molecule has 0 saturated carbocycles. The van der Waals surface area contributed by atoms with Crippen molar-refractivity contribution in [1.82, 2.24) is 14.9 Å². The molecule has 2 aromatic heterocycles. The summed E-state index contributed by atoms with van der Waals surface area (Å²) in [6.07, 6.45) is -0.0342. The van der Waals surface area contributed by atoms with Crippen LogP contribution in [-0.4, -0.2) is 26.4 Å². The number of benzene rings is 2. The van der Waals surface area contributed by atoms with Crippen molar-refractivity contribution in [3.05, 3.63) is 124 Å². The topological polar surface area (TPSA) is 120 Å². The molecule has 8 nitrogen and oxygen atoms in total. The molecule has 2 amide bonds. The number of pyridine rings is 2. The lowest BCUT2D eigenvalue weighted by Crippen LogP contribution is -2.34. The third-order valence-electron chi connectivity index (χ3n) is 5.88. The number of nitrogens with zero attached hydrogens (tertiary/aromatic N) is 2. The Labute approximate surface area is 221 Å². The average Bonchev–Trinajstić information content (AvgIpc) is 2.90. The number of nitrogens with one attached hydrogen (secondary N) is 3. The third-order valence-corrected chi connectivity index (χ3v) is 5.88. The highest BCUT2D eigenvalue weighted by Gasteiger charge is 2.30. The maximum Gasteiger partial charge on any atom is 0.416 e. The van der Waals surface area contributed by atoms with Gasteiger partial charge in [-0.15, -0.1) is 0 Å². The Hall–Kier alpha value is -4.93. The summed E-state index contributed by atoms with van der Waals surface area (Å²) in [4.78, 5) is 29.3. The Morgan fingerprint density at radius 3 is 2.56 bits per heavy atom. The predicted molar refractivity (Wildman–Crippen MR) is 140 cm³/mol. The fourth-order valence-corrected chi connectivity index (χ4v) is 3.98. The van der Waals surface area contributed by atoms with Crippen LogP contribution in [0.25, 0.3) is 0 Å². The van der Waals surface area contributed by atoms with Crippen molar-refractivity contribution in [2.24, 2.45) is 0 Å². The van der Waals surface area contributed by atoms with E-state index in [1.807, 2.05) is 0 Å². The van der Waals surface area contributed by atoms with Gasteiger partial charge in [-0.3, -0.25) is 9.78 Å². The van der Waals surface area contributed by atoms with Gasteiger partial charge in [-0.2, -0.15) is 13.2 Å². The molecule has 4 N–H and O–H groups in total. The molecule has 0 saturated heterocycles. The van der Waals surface area contributed by atoms with E-state index in [0.29, 0.717) is 11.1 Å². The first kappa shape index (κ1) is 27.1. The lowest BCUT2D eigenvalue weighted by Gasteiger charge is -2.21. The van der Waals surface area contributed by atoms with Gasteiger partial charge in [-0.25, -0.2) is 4.79 Å². The first-order valence-corrected chi connectivity index (χ1v) is 11.8. The molecule has 39 heavy (non-hydrogen) atoms. The Kier molecular flexibility index (Phi) is 8.09. The summed E-state index contributed by atoms with van der Waals surface area (Å²) in [6.45, 7) is -0.136. The summed E-state index contributed by atoms with van der Waals surface area (Å²) in [5.41, 5.74) is 0.340. The van der Waals surface area contributed by atoms with Gasteiger partial charge in [0.2, 0.25) is 0 Å². The molecule has 0 radical (unpaired) electrons. The van der Waals surface area contributed by atoms with E-state index in [-0.39, 0.29) is 35.7 Å². The molecule has 0 aliphatic rings. The van der Waals surface area contributed by atoms with Gasteiger partial charge in [-0.05, 0) is 35.9 Å².